The predicted molar refractivity (Wildman–Crippen MR) is 77.0 cm³/mol. The van der Waals surface area contributed by atoms with E-state index in [0.717, 1.165) is 30.4 Å². The molecule has 1 aromatic heterocycles. The average molecular weight is 287 g/mol. The van der Waals surface area contributed by atoms with Crippen LogP contribution in [-0.4, -0.2) is 16.6 Å². The summed E-state index contributed by atoms with van der Waals surface area (Å²) >= 11 is 0. The Hall–Kier alpha value is -2.43. The van der Waals surface area contributed by atoms with Crippen molar-refractivity contribution in [2.24, 2.45) is 0 Å². The minimum Gasteiger partial charge on any atom is -0.373 e. The van der Waals surface area contributed by atoms with Gasteiger partial charge in [-0.3, -0.25) is 4.98 Å². The van der Waals surface area contributed by atoms with Crippen molar-refractivity contribution in [2.75, 3.05) is 6.67 Å². The minimum atomic E-state index is -0.856. The largest absolute Gasteiger partial charge is 0.373 e. The molecule has 1 aromatic carbocycles. The van der Waals surface area contributed by atoms with Gasteiger partial charge in [0.15, 0.2) is 11.6 Å². The summed E-state index contributed by atoms with van der Waals surface area (Å²) in [5.41, 5.74) is 2.53. The highest BCUT2D eigenvalue weighted by Crippen LogP contribution is 2.26. The number of nitrogens with zero attached hydrogens (tertiary/aromatic N) is 2. The molecule has 0 aliphatic carbocycles. The molecule has 0 bridgehead atoms. The molecule has 3 nitrogen and oxygen atoms in total. The van der Waals surface area contributed by atoms with E-state index in [-0.39, 0.29) is 5.56 Å². The molecule has 2 aromatic rings. The van der Waals surface area contributed by atoms with Gasteiger partial charge in [0, 0.05) is 30.7 Å². The molecule has 0 fully saturated rings. The molecule has 1 N–H and O–H groups in total. The van der Waals surface area contributed by atoms with Crippen LogP contribution in [0.5, 0.6) is 0 Å². The Labute approximate surface area is 121 Å². The van der Waals surface area contributed by atoms with E-state index in [4.69, 9.17) is 0 Å². The average Bonchev–Trinajstić information content (AvgIpc) is 2.96. The number of hydrogen-bond acceptors (Lipinski definition) is 3. The quantitative estimate of drug-likeness (QED) is 0.940. The summed E-state index contributed by atoms with van der Waals surface area (Å²) < 4.78 is 27.2. The summed E-state index contributed by atoms with van der Waals surface area (Å²) in [7, 11) is 0. The summed E-state index contributed by atoms with van der Waals surface area (Å²) in [5, 5.41) is 3.09. The van der Waals surface area contributed by atoms with Gasteiger partial charge in [0.25, 0.3) is 0 Å². The molecule has 1 aliphatic heterocycles. The first kappa shape index (κ1) is 13.5. The lowest BCUT2D eigenvalue weighted by molar-refractivity contribution is 0.384. The fraction of sp³-hybridized carbons (Fsp3) is 0.188. The molecular formula is C16H15F2N3. The van der Waals surface area contributed by atoms with E-state index >= 15 is 0 Å². The van der Waals surface area contributed by atoms with Gasteiger partial charge in [0.2, 0.25) is 0 Å². The van der Waals surface area contributed by atoms with Gasteiger partial charge in [0.05, 0.1) is 12.4 Å². The molecule has 5 heteroatoms. The van der Waals surface area contributed by atoms with Gasteiger partial charge in [-0.2, -0.15) is 0 Å². The first-order valence-corrected chi connectivity index (χ1v) is 6.69. The van der Waals surface area contributed by atoms with Gasteiger partial charge in [0.1, 0.15) is 0 Å². The molecule has 0 atom stereocenters. The Bertz CT molecular complexity index is 698. The third kappa shape index (κ3) is 2.72. The molecule has 2 heterocycles. The van der Waals surface area contributed by atoms with Crippen LogP contribution in [-0.2, 0) is 6.54 Å². The lowest BCUT2D eigenvalue weighted by atomic mass is 10.0. The lowest BCUT2D eigenvalue weighted by Gasteiger charge is -2.15. The Morgan fingerprint density at radius 1 is 1.33 bits per heavy atom. The van der Waals surface area contributed by atoms with Crippen LogP contribution in [0.25, 0.3) is 11.3 Å². The zero-order chi connectivity index (χ0) is 14.8. The highest BCUT2D eigenvalue weighted by molar-refractivity contribution is 5.63. The van der Waals surface area contributed by atoms with Crippen LogP contribution in [0.2, 0.25) is 0 Å². The van der Waals surface area contributed by atoms with Gasteiger partial charge in [-0.05, 0) is 30.2 Å². The number of aryl methyl sites for hydroxylation is 1. The fourth-order valence-electron chi connectivity index (χ4n) is 2.41. The second-order valence-electron chi connectivity index (χ2n) is 5.04. The highest BCUT2D eigenvalue weighted by atomic mass is 19.2. The Balaban J connectivity index is 1.90. The van der Waals surface area contributed by atoms with Crippen molar-refractivity contribution in [3.63, 3.8) is 0 Å². The molecule has 0 amide bonds. The maximum Gasteiger partial charge on any atom is 0.168 e. The maximum absolute atomic E-state index is 13.9. The van der Waals surface area contributed by atoms with E-state index in [1.807, 2.05) is 25.4 Å². The Kier molecular flexibility index (Phi) is 3.56. The highest BCUT2D eigenvalue weighted by Gasteiger charge is 2.14. The molecule has 108 valence electrons. The number of rotatable bonds is 3. The monoisotopic (exact) mass is 287 g/mol. The SMILES string of the molecule is Cc1cc(CN2C=CNC2)cnc1-c1cccc(F)c1F. The topological polar surface area (TPSA) is 28.2 Å². The maximum atomic E-state index is 13.9. The van der Waals surface area contributed by atoms with Crippen molar-refractivity contribution in [1.29, 1.82) is 0 Å². The fourth-order valence-corrected chi connectivity index (χ4v) is 2.41. The molecule has 0 saturated heterocycles. The van der Waals surface area contributed by atoms with Gasteiger partial charge < -0.3 is 10.2 Å². The smallest absolute Gasteiger partial charge is 0.168 e. The van der Waals surface area contributed by atoms with E-state index in [1.165, 1.54) is 6.07 Å². The van der Waals surface area contributed by atoms with E-state index in [1.54, 1.807) is 12.3 Å². The molecule has 0 saturated carbocycles. The third-order valence-corrected chi connectivity index (χ3v) is 3.42. The summed E-state index contributed by atoms with van der Waals surface area (Å²) in [4.78, 5) is 6.41. The first-order chi connectivity index (χ1) is 10.1. The van der Waals surface area contributed by atoms with Gasteiger partial charge in [-0.15, -0.1) is 0 Å². The Morgan fingerprint density at radius 2 is 2.19 bits per heavy atom. The minimum absolute atomic E-state index is 0.196. The molecule has 21 heavy (non-hydrogen) atoms. The predicted octanol–water partition coefficient (Wildman–Crippen LogP) is 3.17. The van der Waals surface area contributed by atoms with Crippen LogP contribution in [0.1, 0.15) is 11.1 Å². The van der Waals surface area contributed by atoms with Crippen molar-refractivity contribution in [1.82, 2.24) is 15.2 Å². The number of halogens is 2. The van der Waals surface area contributed by atoms with Crippen molar-refractivity contribution < 1.29 is 8.78 Å². The Morgan fingerprint density at radius 3 is 2.90 bits per heavy atom. The van der Waals surface area contributed by atoms with Crippen molar-refractivity contribution in [3.05, 3.63) is 65.6 Å². The summed E-state index contributed by atoms with van der Waals surface area (Å²) in [6.07, 6.45) is 5.56. The van der Waals surface area contributed by atoms with Crippen LogP contribution in [0.15, 0.2) is 42.9 Å². The number of benzene rings is 1. The number of pyridine rings is 1. The molecule has 0 unspecified atom stereocenters. The van der Waals surface area contributed by atoms with E-state index in [9.17, 15) is 8.78 Å². The van der Waals surface area contributed by atoms with Gasteiger partial charge in [-0.25, -0.2) is 8.78 Å². The standard InChI is InChI=1S/C16H15F2N3/c1-11-7-12(9-21-6-5-19-10-21)8-20-16(11)13-3-2-4-14(17)15(13)18/h2-8,19H,9-10H2,1H3. The summed E-state index contributed by atoms with van der Waals surface area (Å²) in [5.74, 6) is -1.71. The normalized spacial score (nSPS) is 13.6. The summed E-state index contributed by atoms with van der Waals surface area (Å²) in [6.45, 7) is 3.34. The van der Waals surface area contributed by atoms with Crippen LogP contribution in [0.3, 0.4) is 0 Å². The van der Waals surface area contributed by atoms with Gasteiger partial charge >= 0.3 is 0 Å². The zero-order valence-corrected chi connectivity index (χ0v) is 11.6. The molecular weight excluding hydrogens is 272 g/mol. The van der Waals surface area contributed by atoms with Crippen molar-refractivity contribution >= 4 is 0 Å². The second-order valence-corrected chi connectivity index (χ2v) is 5.04. The number of hydrogen-bond donors (Lipinski definition) is 1. The molecule has 1 aliphatic rings. The van der Waals surface area contributed by atoms with Crippen LogP contribution >= 0.6 is 0 Å². The molecule has 3 rings (SSSR count). The molecule has 0 spiro atoms. The van der Waals surface area contributed by atoms with Crippen LogP contribution in [0, 0.1) is 18.6 Å². The van der Waals surface area contributed by atoms with E-state index in [2.05, 4.69) is 15.2 Å². The lowest BCUT2D eigenvalue weighted by Crippen LogP contribution is -2.20. The van der Waals surface area contributed by atoms with Crippen molar-refractivity contribution in [2.45, 2.75) is 13.5 Å². The number of aromatic nitrogens is 1. The number of nitrogens with one attached hydrogen (secondary N) is 1. The molecule has 0 radical (unpaired) electrons. The van der Waals surface area contributed by atoms with Crippen LogP contribution in [0.4, 0.5) is 8.78 Å². The van der Waals surface area contributed by atoms with Gasteiger partial charge in [-0.1, -0.05) is 12.1 Å². The first-order valence-electron chi connectivity index (χ1n) is 6.69. The summed E-state index contributed by atoms with van der Waals surface area (Å²) in [6, 6.07) is 6.10. The van der Waals surface area contributed by atoms with Crippen molar-refractivity contribution in [3.8, 4) is 11.3 Å². The zero-order valence-electron chi connectivity index (χ0n) is 11.6. The van der Waals surface area contributed by atoms with E-state index < -0.39 is 11.6 Å². The van der Waals surface area contributed by atoms with Crippen LogP contribution < -0.4 is 5.32 Å². The van der Waals surface area contributed by atoms with E-state index in [0.29, 0.717) is 5.69 Å². The second kappa shape index (κ2) is 5.52. The third-order valence-electron chi connectivity index (χ3n) is 3.42.